The molecule has 25 heavy (non-hydrogen) atoms. The second kappa shape index (κ2) is 7.25. The van der Waals surface area contributed by atoms with E-state index >= 15 is 0 Å². The van der Waals surface area contributed by atoms with Crippen LogP contribution in [0.1, 0.15) is 23.0 Å². The Hall–Kier alpha value is -3.02. The first kappa shape index (κ1) is 16.8. The fraction of sp³-hybridized carbons (Fsp3) is 0.211. The number of rotatable bonds is 5. The number of aromatic nitrogens is 2. The second-order valence-electron chi connectivity index (χ2n) is 5.65. The van der Waals surface area contributed by atoms with Crippen molar-refractivity contribution in [1.29, 1.82) is 0 Å². The predicted octanol–water partition coefficient (Wildman–Crippen LogP) is 2.53. The van der Waals surface area contributed by atoms with Crippen LogP contribution in [-0.4, -0.2) is 22.2 Å². The highest BCUT2D eigenvalue weighted by atomic mass is 19.1. The van der Waals surface area contributed by atoms with E-state index in [2.05, 4.69) is 10.4 Å². The van der Waals surface area contributed by atoms with Crippen molar-refractivity contribution in [2.75, 3.05) is 6.54 Å². The molecule has 0 aliphatic carbocycles. The SMILES string of the molecule is CCn1nc(C(=O)NCCc2ccccc2)c(=O)c2cc(F)ccc21. The first-order chi connectivity index (χ1) is 12.1. The molecule has 6 heteroatoms. The molecular formula is C19H18FN3O2. The molecule has 0 unspecified atom stereocenters. The third-order valence-electron chi connectivity index (χ3n) is 3.97. The molecule has 0 spiro atoms. The van der Waals surface area contributed by atoms with E-state index in [1.165, 1.54) is 16.8 Å². The fourth-order valence-electron chi connectivity index (χ4n) is 2.70. The minimum atomic E-state index is -0.559. The molecule has 1 heterocycles. The zero-order valence-corrected chi connectivity index (χ0v) is 13.8. The third-order valence-corrected chi connectivity index (χ3v) is 3.97. The maximum atomic E-state index is 13.5. The Morgan fingerprint density at radius 3 is 2.68 bits per heavy atom. The summed E-state index contributed by atoms with van der Waals surface area (Å²) in [5, 5.41) is 7.01. The quantitative estimate of drug-likeness (QED) is 0.777. The Bertz CT molecular complexity index is 968. The third kappa shape index (κ3) is 3.57. The molecule has 0 aliphatic heterocycles. The molecule has 3 rings (SSSR count). The normalized spacial score (nSPS) is 10.8. The molecule has 0 fully saturated rings. The molecule has 0 saturated carbocycles. The number of nitrogens with one attached hydrogen (secondary N) is 1. The lowest BCUT2D eigenvalue weighted by atomic mass is 10.1. The number of benzene rings is 2. The molecule has 0 bridgehead atoms. The zero-order chi connectivity index (χ0) is 17.8. The lowest BCUT2D eigenvalue weighted by Crippen LogP contribution is -2.33. The van der Waals surface area contributed by atoms with E-state index in [-0.39, 0.29) is 11.1 Å². The summed E-state index contributed by atoms with van der Waals surface area (Å²) in [7, 11) is 0. The average Bonchev–Trinajstić information content (AvgIpc) is 2.63. The van der Waals surface area contributed by atoms with Crippen LogP contribution < -0.4 is 10.7 Å². The number of nitrogens with zero attached hydrogens (tertiary/aromatic N) is 2. The summed E-state index contributed by atoms with van der Waals surface area (Å²) in [6.07, 6.45) is 0.650. The van der Waals surface area contributed by atoms with Crippen molar-refractivity contribution in [1.82, 2.24) is 15.1 Å². The van der Waals surface area contributed by atoms with Crippen LogP contribution in [0.25, 0.3) is 10.9 Å². The summed E-state index contributed by atoms with van der Waals surface area (Å²) >= 11 is 0. The molecule has 1 aromatic heterocycles. The molecule has 3 aromatic rings. The maximum Gasteiger partial charge on any atom is 0.275 e. The van der Waals surface area contributed by atoms with Crippen LogP contribution in [0.4, 0.5) is 4.39 Å². The van der Waals surface area contributed by atoms with Crippen molar-refractivity contribution >= 4 is 16.8 Å². The molecule has 5 nitrogen and oxygen atoms in total. The fourth-order valence-corrected chi connectivity index (χ4v) is 2.70. The van der Waals surface area contributed by atoms with E-state index in [0.717, 1.165) is 11.6 Å². The highest BCUT2D eigenvalue weighted by Gasteiger charge is 2.17. The largest absolute Gasteiger partial charge is 0.350 e. The summed E-state index contributed by atoms with van der Waals surface area (Å²) in [5.41, 5.74) is 0.821. The highest BCUT2D eigenvalue weighted by Crippen LogP contribution is 2.12. The molecule has 0 saturated heterocycles. The summed E-state index contributed by atoms with van der Waals surface area (Å²) in [4.78, 5) is 24.9. The van der Waals surface area contributed by atoms with E-state index in [1.807, 2.05) is 37.3 Å². The van der Waals surface area contributed by atoms with Gasteiger partial charge in [0.2, 0.25) is 5.43 Å². The van der Waals surface area contributed by atoms with Gasteiger partial charge in [-0.15, -0.1) is 0 Å². The molecule has 1 amide bonds. The standard InChI is InChI=1S/C19H18FN3O2/c1-2-23-16-9-8-14(20)12-15(16)18(24)17(22-23)19(25)21-11-10-13-6-4-3-5-7-13/h3-9,12H,2,10-11H2,1H3,(H,21,25). The van der Waals surface area contributed by atoms with Crippen molar-refractivity contribution in [3.63, 3.8) is 0 Å². The molecular weight excluding hydrogens is 321 g/mol. The lowest BCUT2D eigenvalue weighted by Gasteiger charge is -2.10. The van der Waals surface area contributed by atoms with Gasteiger partial charge in [0.15, 0.2) is 5.69 Å². The highest BCUT2D eigenvalue weighted by molar-refractivity contribution is 5.95. The van der Waals surface area contributed by atoms with Gasteiger partial charge in [-0.05, 0) is 37.1 Å². The number of fused-ring (bicyclic) bond motifs is 1. The number of carbonyl (C=O) groups is 1. The first-order valence-corrected chi connectivity index (χ1v) is 8.12. The predicted molar refractivity (Wildman–Crippen MR) is 94.1 cm³/mol. The second-order valence-corrected chi connectivity index (χ2v) is 5.65. The van der Waals surface area contributed by atoms with Crippen LogP contribution in [-0.2, 0) is 13.0 Å². The minimum Gasteiger partial charge on any atom is -0.350 e. The van der Waals surface area contributed by atoms with Crippen molar-refractivity contribution < 1.29 is 9.18 Å². The van der Waals surface area contributed by atoms with Gasteiger partial charge in [0.25, 0.3) is 5.91 Å². The first-order valence-electron chi connectivity index (χ1n) is 8.12. The monoisotopic (exact) mass is 339 g/mol. The zero-order valence-electron chi connectivity index (χ0n) is 13.8. The van der Waals surface area contributed by atoms with E-state index in [0.29, 0.717) is 25.0 Å². The molecule has 0 atom stereocenters. The number of aryl methyl sites for hydroxylation is 1. The van der Waals surface area contributed by atoms with Gasteiger partial charge in [-0.3, -0.25) is 14.3 Å². The van der Waals surface area contributed by atoms with E-state index in [1.54, 1.807) is 0 Å². The average molecular weight is 339 g/mol. The summed E-state index contributed by atoms with van der Waals surface area (Å²) in [6, 6.07) is 13.6. The van der Waals surface area contributed by atoms with Gasteiger partial charge >= 0.3 is 0 Å². The number of carbonyl (C=O) groups excluding carboxylic acids is 1. The Morgan fingerprint density at radius 2 is 1.96 bits per heavy atom. The topological polar surface area (TPSA) is 64.0 Å². The molecule has 2 aromatic carbocycles. The van der Waals surface area contributed by atoms with E-state index in [4.69, 9.17) is 0 Å². The van der Waals surface area contributed by atoms with Gasteiger partial charge in [-0.1, -0.05) is 30.3 Å². The number of hydrogen-bond acceptors (Lipinski definition) is 3. The number of hydrogen-bond donors (Lipinski definition) is 1. The van der Waals surface area contributed by atoms with Crippen LogP contribution in [0.15, 0.2) is 53.3 Å². The summed E-state index contributed by atoms with van der Waals surface area (Å²) in [5.74, 6) is -1.07. The van der Waals surface area contributed by atoms with Crippen molar-refractivity contribution in [2.45, 2.75) is 19.9 Å². The van der Waals surface area contributed by atoms with Crippen LogP contribution in [0, 0.1) is 5.82 Å². The summed E-state index contributed by atoms with van der Waals surface area (Å²) < 4.78 is 15.0. The Balaban J connectivity index is 1.86. The smallest absolute Gasteiger partial charge is 0.275 e. The molecule has 0 radical (unpaired) electrons. The maximum absolute atomic E-state index is 13.5. The van der Waals surface area contributed by atoms with Crippen molar-refractivity contribution in [3.8, 4) is 0 Å². The Labute approximate surface area is 144 Å². The van der Waals surface area contributed by atoms with E-state index in [9.17, 15) is 14.0 Å². The van der Waals surface area contributed by atoms with Gasteiger partial charge in [0.1, 0.15) is 5.82 Å². The summed E-state index contributed by atoms with van der Waals surface area (Å²) in [6.45, 7) is 2.70. The minimum absolute atomic E-state index is 0.157. The van der Waals surface area contributed by atoms with Gasteiger partial charge in [-0.2, -0.15) is 5.10 Å². The van der Waals surface area contributed by atoms with Crippen molar-refractivity contribution in [2.24, 2.45) is 0 Å². The van der Waals surface area contributed by atoms with Gasteiger partial charge in [0.05, 0.1) is 10.9 Å². The molecule has 0 aliphatic rings. The van der Waals surface area contributed by atoms with Crippen LogP contribution in [0.3, 0.4) is 0 Å². The number of halogens is 1. The van der Waals surface area contributed by atoms with Crippen LogP contribution >= 0.6 is 0 Å². The van der Waals surface area contributed by atoms with Gasteiger partial charge < -0.3 is 5.32 Å². The number of amides is 1. The van der Waals surface area contributed by atoms with Crippen LogP contribution in [0.5, 0.6) is 0 Å². The van der Waals surface area contributed by atoms with Crippen LogP contribution in [0.2, 0.25) is 0 Å². The van der Waals surface area contributed by atoms with Gasteiger partial charge in [0, 0.05) is 13.1 Å². The van der Waals surface area contributed by atoms with Gasteiger partial charge in [-0.25, -0.2) is 4.39 Å². The molecule has 128 valence electrons. The van der Waals surface area contributed by atoms with E-state index < -0.39 is 17.2 Å². The Kier molecular flexibility index (Phi) is 4.88. The van der Waals surface area contributed by atoms with Crippen molar-refractivity contribution in [3.05, 3.63) is 75.8 Å². The molecule has 1 N–H and O–H groups in total. The Morgan fingerprint density at radius 1 is 1.20 bits per heavy atom. The lowest BCUT2D eigenvalue weighted by molar-refractivity contribution is 0.0946.